The Morgan fingerprint density at radius 2 is 1.95 bits per heavy atom. The summed E-state index contributed by atoms with van der Waals surface area (Å²) in [5.41, 5.74) is 2.69. The number of hydrogen-bond donors (Lipinski definition) is 1. The minimum atomic E-state index is -4.68. The average Bonchev–Trinajstić information content (AvgIpc) is 3.01. The number of benzene rings is 1. The van der Waals surface area contributed by atoms with Crippen LogP contribution in [0.4, 0.5) is 18.9 Å². The van der Waals surface area contributed by atoms with Gasteiger partial charge in [0, 0.05) is 35.8 Å². The second-order valence-corrected chi connectivity index (χ2v) is 4.67. The number of aromatic amines is 1. The van der Waals surface area contributed by atoms with Gasteiger partial charge in [-0.25, -0.2) is 0 Å². The van der Waals surface area contributed by atoms with Crippen LogP contribution in [0.1, 0.15) is 5.56 Å². The Balaban J connectivity index is 1.78. The summed E-state index contributed by atoms with van der Waals surface area (Å²) in [5, 5.41) is 6.64. The predicted molar refractivity (Wildman–Crippen MR) is 76.2 cm³/mol. The number of nitrogens with zero attached hydrogens (tertiary/aromatic N) is 2. The third kappa shape index (κ3) is 3.30. The molecule has 0 aliphatic carbocycles. The first-order chi connectivity index (χ1) is 10.5. The Labute approximate surface area is 124 Å². The van der Waals surface area contributed by atoms with Crippen LogP contribution in [-0.4, -0.2) is 23.1 Å². The molecule has 0 atom stereocenters. The molecular formula is C15H12F3N3O. The van der Waals surface area contributed by atoms with Crippen molar-refractivity contribution >= 4 is 11.3 Å². The first-order valence-corrected chi connectivity index (χ1v) is 6.51. The van der Waals surface area contributed by atoms with Crippen LogP contribution in [0, 0.1) is 0 Å². The third-order valence-electron chi connectivity index (χ3n) is 3.13. The monoisotopic (exact) mass is 307 g/mol. The Bertz CT molecular complexity index is 688. The molecule has 0 amide bonds. The lowest BCUT2D eigenvalue weighted by atomic mass is 10.1. The van der Waals surface area contributed by atoms with Crippen LogP contribution in [0.25, 0.3) is 5.57 Å². The number of aromatic nitrogens is 2. The van der Waals surface area contributed by atoms with Gasteiger partial charge in [-0.3, -0.25) is 5.10 Å². The van der Waals surface area contributed by atoms with E-state index in [9.17, 15) is 13.2 Å². The normalized spacial score (nSPS) is 14.9. The number of alkyl halides is 3. The number of rotatable bonds is 3. The summed E-state index contributed by atoms with van der Waals surface area (Å²) < 4.78 is 40.3. The van der Waals surface area contributed by atoms with Gasteiger partial charge in [-0.15, -0.1) is 13.2 Å². The molecule has 0 saturated carbocycles. The second-order valence-electron chi connectivity index (χ2n) is 4.67. The first kappa shape index (κ1) is 14.2. The van der Waals surface area contributed by atoms with E-state index in [1.54, 1.807) is 24.5 Å². The molecule has 1 aliphatic heterocycles. The van der Waals surface area contributed by atoms with Crippen LogP contribution >= 0.6 is 0 Å². The highest BCUT2D eigenvalue weighted by molar-refractivity contribution is 5.77. The van der Waals surface area contributed by atoms with E-state index < -0.39 is 6.36 Å². The van der Waals surface area contributed by atoms with Crippen LogP contribution in [0.3, 0.4) is 0 Å². The number of nitrogens with one attached hydrogen (secondary N) is 1. The van der Waals surface area contributed by atoms with Gasteiger partial charge in [0.25, 0.3) is 0 Å². The summed E-state index contributed by atoms with van der Waals surface area (Å²) in [6.45, 7) is 0.640. The van der Waals surface area contributed by atoms with E-state index in [2.05, 4.69) is 14.9 Å². The van der Waals surface area contributed by atoms with E-state index in [0.717, 1.165) is 16.8 Å². The lowest BCUT2D eigenvalue weighted by Gasteiger charge is -2.23. The van der Waals surface area contributed by atoms with Gasteiger partial charge in [0.15, 0.2) is 0 Å². The summed E-state index contributed by atoms with van der Waals surface area (Å²) in [5.74, 6) is -0.233. The molecule has 1 aromatic carbocycles. The van der Waals surface area contributed by atoms with Crippen molar-refractivity contribution in [1.82, 2.24) is 10.2 Å². The van der Waals surface area contributed by atoms with E-state index in [-0.39, 0.29) is 5.75 Å². The van der Waals surface area contributed by atoms with Crippen molar-refractivity contribution < 1.29 is 17.9 Å². The molecule has 114 valence electrons. The fourth-order valence-corrected chi connectivity index (χ4v) is 2.16. The zero-order valence-electron chi connectivity index (χ0n) is 11.3. The number of halogens is 3. The van der Waals surface area contributed by atoms with Crippen LogP contribution in [-0.2, 0) is 0 Å². The molecule has 1 N–H and O–H groups in total. The average molecular weight is 307 g/mol. The zero-order chi connectivity index (χ0) is 15.6. The minimum Gasteiger partial charge on any atom is -0.406 e. The molecule has 0 saturated heterocycles. The highest BCUT2D eigenvalue weighted by Gasteiger charge is 2.31. The zero-order valence-corrected chi connectivity index (χ0v) is 11.3. The summed E-state index contributed by atoms with van der Waals surface area (Å²) in [4.78, 5) is 1.93. The molecule has 22 heavy (non-hydrogen) atoms. The van der Waals surface area contributed by atoms with Gasteiger partial charge >= 0.3 is 6.36 Å². The molecule has 0 bridgehead atoms. The van der Waals surface area contributed by atoms with Crippen LogP contribution in [0.15, 0.2) is 55.0 Å². The second kappa shape index (κ2) is 5.59. The summed E-state index contributed by atoms with van der Waals surface area (Å²) in [7, 11) is 0. The predicted octanol–water partition coefficient (Wildman–Crippen LogP) is 3.73. The Morgan fingerprint density at radius 3 is 2.59 bits per heavy atom. The molecule has 2 heterocycles. The largest absolute Gasteiger partial charge is 0.573 e. The van der Waals surface area contributed by atoms with E-state index in [0.29, 0.717) is 6.54 Å². The van der Waals surface area contributed by atoms with E-state index in [1.807, 2.05) is 23.3 Å². The highest BCUT2D eigenvalue weighted by atomic mass is 19.4. The van der Waals surface area contributed by atoms with Gasteiger partial charge in [-0.1, -0.05) is 12.2 Å². The van der Waals surface area contributed by atoms with Crippen LogP contribution in [0.2, 0.25) is 0 Å². The smallest absolute Gasteiger partial charge is 0.406 e. The fraction of sp³-hybridized carbons (Fsp3) is 0.133. The first-order valence-electron chi connectivity index (χ1n) is 6.51. The molecule has 1 aromatic heterocycles. The van der Waals surface area contributed by atoms with E-state index in [1.165, 1.54) is 12.1 Å². The van der Waals surface area contributed by atoms with Crippen molar-refractivity contribution in [3.8, 4) is 5.75 Å². The standard InChI is InChI=1S/C15H12F3N3O/c16-15(17,18)22-14-5-3-13(4-6-14)21-7-1-2-11(10-21)12-8-19-20-9-12/h1-6,8-10H,7H2,(H,19,20). The maximum atomic E-state index is 12.1. The molecule has 0 spiro atoms. The maximum absolute atomic E-state index is 12.1. The van der Waals surface area contributed by atoms with Crippen molar-refractivity contribution in [2.75, 3.05) is 11.4 Å². The van der Waals surface area contributed by atoms with Gasteiger partial charge in [-0.2, -0.15) is 5.10 Å². The molecule has 4 nitrogen and oxygen atoms in total. The SMILES string of the molecule is FC(F)(F)Oc1ccc(N2C=C(c3cn[nH]c3)C=CC2)cc1. The number of anilines is 1. The molecule has 1 aliphatic rings. The summed E-state index contributed by atoms with van der Waals surface area (Å²) in [6, 6.07) is 5.77. The van der Waals surface area contributed by atoms with Crippen molar-refractivity contribution in [3.05, 3.63) is 60.6 Å². The molecule has 0 radical (unpaired) electrons. The third-order valence-corrected chi connectivity index (χ3v) is 3.13. The number of H-pyrrole nitrogens is 1. The lowest BCUT2D eigenvalue weighted by Crippen LogP contribution is -2.19. The van der Waals surface area contributed by atoms with Crippen molar-refractivity contribution in [3.63, 3.8) is 0 Å². The van der Waals surface area contributed by atoms with Crippen molar-refractivity contribution in [2.24, 2.45) is 0 Å². The Morgan fingerprint density at radius 1 is 1.18 bits per heavy atom. The molecular weight excluding hydrogens is 295 g/mol. The quantitative estimate of drug-likeness (QED) is 0.939. The number of ether oxygens (including phenoxy) is 1. The van der Waals surface area contributed by atoms with Gasteiger partial charge in [0.05, 0.1) is 6.20 Å². The summed E-state index contributed by atoms with van der Waals surface area (Å²) >= 11 is 0. The highest BCUT2D eigenvalue weighted by Crippen LogP contribution is 2.27. The lowest BCUT2D eigenvalue weighted by molar-refractivity contribution is -0.274. The number of allylic oxidation sites excluding steroid dienone is 2. The van der Waals surface area contributed by atoms with Crippen molar-refractivity contribution in [1.29, 1.82) is 0 Å². The molecule has 3 rings (SSSR count). The van der Waals surface area contributed by atoms with Crippen molar-refractivity contribution in [2.45, 2.75) is 6.36 Å². The van der Waals surface area contributed by atoms with Gasteiger partial charge in [-0.05, 0) is 24.3 Å². The molecule has 0 unspecified atom stereocenters. The Kier molecular flexibility index (Phi) is 3.62. The van der Waals surface area contributed by atoms with Gasteiger partial charge < -0.3 is 9.64 Å². The number of hydrogen-bond acceptors (Lipinski definition) is 3. The van der Waals surface area contributed by atoms with Gasteiger partial charge in [0.2, 0.25) is 0 Å². The van der Waals surface area contributed by atoms with Crippen LogP contribution < -0.4 is 9.64 Å². The molecule has 0 fully saturated rings. The van der Waals surface area contributed by atoms with Gasteiger partial charge in [0.1, 0.15) is 5.75 Å². The van der Waals surface area contributed by atoms with E-state index in [4.69, 9.17) is 0 Å². The summed E-state index contributed by atoms with van der Waals surface area (Å²) in [6.07, 6.45) is 4.68. The molecule has 2 aromatic rings. The molecule has 7 heteroatoms. The topological polar surface area (TPSA) is 41.1 Å². The van der Waals surface area contributed by atoms with E-state index >= 15 is 0 Å². The minimum absolute atomic E-state index is 0.233. The van der Waals surface area contributed by atoms with Crippen LogP contribution in [0.5, 0.6) is 5.75 Å². The maximum Gasteiger partial charge on any atom is 0.573 e. The Hall–Kier alpha value is -2.70. The fourth-order valence-electron chi connectivity index (χ4n) is 2.16.